The smallest absolute Gasteiger partial charge is 0.249 e. The minimum absolute atomic E-state index is 0.118. The van der Waals surface area contributed by atoms with E-state index >= 15 is 4.39 Å². The Balaban J connectivity index is 1.62. The first-order chi connectivity index (χ1) is 15.3. The fourth-order valence-corrected chi connectivity index (χ4v) is 4.81. The lowest BCUT2D eigenvalue weighted by atomic mass is 10.0. The molecule has 0 spiro atoms. The molecular weight excluding hydrogens is 453 g/mol. The highest BCUT2D eigenvalue weighted by atomic mass is 35.5. The van der Waals surface area contributed by atoms with Crippen molar-refractivity contribution < 1.29 is 17.6 Å². The monoisotopic (exact) mass is 471 g/mol. The number of piperidine rings is 1. The molecule has 164 valence electrons. The molecule has 1 N–H and O–H groups in total. The second-order valence-corrected chi connectivity index (χ2v) is 9.87. The molecular formula is C23H19ClFN3O3S. The highest BCUT2D eigenvalue weighted by Gasteiger charge is 2.31. The lowest BCUT2D eigenvalue weighted by Crippen LogP contribution is -2.48. The van der Waals surface area contributed by atoms with Crippen molar-refractivity contribution in [3.8, 4) is 11.1 Å². The van der Waals surface area contributed by atoms with Crippen LogP contribution in [-0.4, -0.2) is 38.2 Å². The molecule has 0 bridgehead atoms. The van der Waals surface area contributed by atoms with Crippen molar-refractivity contribution >= 4 is 38.7 Å². The van der Waals surface area contributed by atoms with E-state index in [0.29, 0.717) is 41.2 Å². The molecule has 1 atom stereocenters. The average Bonchev–Trinajstić information content (AvgIpc) is 2.76. The van der Waals surface area contributed by atoms with Crippen LogP contribution in [-0.2, 0) is 14.6 Å². The van der Waals surface area contributed by atoms with Crippen molar-refractivity contribution in [2.45, 2.75) is 23.8 Å². The van der Waals surface area contributed by atoms with E-state index in [4.69, 9.17) is 11.6 Å². The number of rotatable bonds is 5. The van der Waals surface area contributed by atoms with Gasteiger partial charge in [0.2, 0.25) is 5.91 Å². The summed E-state index contributed by atoms with van der Waals surface area (Å²) in [4.78, 5) is 18.3. The molecule has 2 heterocycles. The molecule has 3 aromatic rings. The van der Waals surface area contributed by atoms with Crippen molar-refractivity contribution in [2.75, 3.05) is 23.0 Å². The van der Waals surface area contributed by atoms with Crippen LogP contribution in [0.5, 0.6) is 0 Å². The quantitative estimate of drug-likeness (QED) is 0.604. The largest absolute Gasteiger partial charge is 0.365 e. The Morgan fingerprint density at radius 1 is 1.25 bits per heavy atom. The summed E-state index contributed by atoms with van der Waals surface area (Å²) in [5, 5.41) is 3.35. The third-order valence-electron chi connectivity index (χ3n) is 5.26. The van der Waals surface area contributed by atoms with Gasteiger partial charge in [-0.25, -0.2) is 17.8 Å². The van der Waals surface area contributed by atoms with Crippen LogP contribution in [0.3, 0.4) is 0 Å². The van der Waals surface area contributed by atoms with Gasteiger partial charge in [0.15, 0.2) is 9.84 Å². The number of nitrogens with zero attached hydrogens (tertiary/aromatic N) is 2. The van der Waals surface area contributed by atoms with E-state index in [0.717, 1.165) is 6.26 Å². The molecule has 1 unspecified atom stereocenters. The molecule has 1 saturated heterocycles. The van der Waals surface area contributed by atoms with Crippen LogP contribution in [0.2, 0.25) is 5.02 Å². The average molecular weight is 472 g/mol. The first-order valence-corrected chi connectivity index (χ1v) is 12.1. The molecule has 2 aromatic carbocycles. The molecule has 9 heteroatoms. The lowest BCUT2D eigenvalue weighted by molar-refractivity contribution is -0.120. The number of hydrogen-bond acceptors (Lipinski definition) is 5. The Labute approximate surface area is 191 Å². The predicted molar refractivity (Wildman–Crippen MR) is 121 cm³/mol. The summed E-state index contributed by atoms with van der Waals surface area (Å²) in [7, 11) is -3.49. The van der Waals surface area contributed by atoms with Gasteiger partial charge in [0.05, 0.1) is 21.8 Å². The number of carbonyl (C=O) groups is 1. The van der Waals surface area contributed by atoms with E-state index in [1.807, 2.05) is 0 Å². The molecule has 4 rings (SSSR count). The molecule has 1 amide bonds. The SMILES string of the molecule is CS(=O)(=O)c1ccccc1-c1ccc(N2CCCC(Nc3c#cncc3Cl)C2=O)c(F)c1. The Bertz CT molecular complexity index is 1280. The van der Waals surface area contributed by atoms with E-state index in [2.05, 4.69) is 22.6 Å². The lowest BCUT2D eigenvalue weighted by Gasteiger charge is -2.33. The van der Waals surface area contributed by atoms with Crippen molar-refractivity contribution in [3.63, 3.8) is 0 Å². The Hall–Kier alpha value is -3.15. The van der Waals surface area contributed by atoms with Crippen molar-refractivity contribution in [2.24, 2.45) is 0 Å². The van der Waals surface area contributed by atoms with Crippen molar-refractivity contribution in [1.29, 1.82) is 0 Å². The number of hydrogen-bond donors (Lipinski definition) is 1. The van der Waals surface area contributed by atoms with Crippen LogP contribution >= 0.6 is 11.6 Å². The van der Waals surface area contributed by atoms with Gasteiger partial charge in [0.25, 0.3) is 0 Å². The topological polar surface area (TPSA) is 79.4 Å². The first kappa shape index (κ1) is 22.1. The number of halogens is 2. The Morgan fingerprint density at radius 3 is 2.75 bits per heavy atom. The van der Waals surface area contributed by atoms with E-state index in [-0.39, 0.29) is 16.5 Å². The molecule has 6 nitrogen and oxygen atoms in total. The molecule has 0 saturated carbocycles. The number of anilines is 2. The fraction of sp³-hybridized carbons (Fsp3) is 0.217. The minimum Gasteiger partial charge on any atom is -0.365 e. The minimum atomic E-state index is -3.49. The zero-order valence-corrected chi connectivity index (χ0v) is 18.7. The summed E-state index contributed by atoms with van der Waals surface area (Å²) in [5.41, 5.74) is 1.37. The van der Waals surface area contributed by atoms with Crippen LogP contribution in [0, 0.1) is 18.1 Å². The highest BCUT2D eigenvalue weighted by molar-refractivity contribution is 7.90. The van der Waals surface area contributed by atoms with Gasteiger partial charge in [-0.1, -0.05) is 35.9 Å². The molecule has 32 heavy (non-hydrogen) atoms. The van der Waals surface area contributed by atoms with Crippen LogP contribution < -0.4 is 10.2 Å². The molecule has 1 fully saturated rings. The number of amides is 1. The summed E-state index contributed by atoms with van der Waals surface area (Å²) < 4.78 is 39.4. The molecule has 1 aromatic heterocycles. The van der Waals surface area contributed by atoms with E-state index in [1.54, 1.807) is 24.3 Å². The summed E-state index contributed by atoms with van der Waals surface area (Å²) >= 11 is 6.09. The van der Waals surface area contributed by atoms with Crippen LogP contribution in [0.1, 0.15) is 12.8 Å². The second-order valence-electron chi connectivity index (χ2n) is 7.48. The van der Waals surface area contributed by atoms with E-state index in [1.165, 1.54) is 29.3 Å². The number of benzene rings is 2. The normalized spacial score (nSPS) is 16.5. The van der Waals surface area contributed by atoms with Gasteiger partial charge in [-0.2, -0.15) is 0 Å². The van der Waals surface area contributed by atoms with Gasteiger partial charge in [-0.05, 0) is 42.7 Å². The van der Waals surface area contributed by atoms with E-state index < -0.39 is 21.7 Å². The molecule has 0 radical (unpaired) electrons. The molecule has 0 aliphatic carbocycles. The standard InChI is InChI=1S/C23H19ClFN3O3S/c1-32(30,31)22-7-3-2-5-16(22)15-8-9-21(18(25)13-15)28-12-4-6-20(23(28)29)27-19-10-11-26-14-17(19)24/h2-3,5,7-9,13-14,20,27H,4,6,12H2,1H3. The number of nitrogens with one attached hydrogen (secondary N) is 1. The zero-order valence-electron chi connectivity index (χ0n) is 17.1. The van der Waals surface area contributed by atoms with Crippen LogP contribution in [0.4, 0.5) is 15.8 Å². The van der Waals surface area contributed by atoms with Crippen LogP contribution in [0.25, 0.3) is 11.1 Å². The number of carbonyl (C=O) groups excluding carboxylic acids is 1. The van der Waals surface area contributed by atoms with Crippen molar-refractivity contribution in [1.82, 2.24) is 4.98 Å². The van der Waals surface area contributed by atoms with Gasteiger partial charge in [-0.3, -0.25) is 4.79 Å². The van der Waals surface area contributed by atoms with Crippen LogP contribution in [0.15, 0.2) is 53.6 Å². The van der Waals surface area contributed by atoms with Gasteiger partial charge in [-0.15, -0.1) is 0 Å². The number of sulfone groups is 1. The molecule has 1 aliphatic heterocycles. The molecule has 1 aliphatic rings. The Morgan fingerprint density at radius 2 is 2.03 bits per heavy atom. The van der Waals surface area contributed by atoms with Gasteiger partial charge in [0.1, 0.15) is 17.5 Å². The van der Waals surface area contributed by atoms with E-state index in [9.17, 15) is 13.2 Å². The third kappa shape index (κ3) is 4.40. The zero-order chi connectivity index (χ0) is 22.9. The summed E-state index contributed by atoms with van der Waals surface area (Å²) in [6, 6.07) is 12.9. The van der Waals surface area contributed by atoms with Gasteiger partial charge in [0, 0.05) is 24.6 Å². The summed E-state index contributed by atoms with van der Waals surface area (Å²) in [6.45, 7) is 0.368. The first-order valence-electron chi connectivity index (χ1n) is 9.86. The maximum absolute atomic E-state index is 15.1. The van der Waals surface area contributed by atoms with Gasteiger partial charge >= 0.3 is 0 Å². The fourth-order valence-electron chi connectivity index (χ4n) is 3.75. The predicted octanol–water partition coefficient (Wildman–Crippen LogP) is 4.15. The van der Waals surface area contributed by atoms with Crippen molar-refractivity contribution in [3.05, 3.63) is 71.8 Å². The summed E-state index contributed by atoms with van der Waals surface area (Å²) in [5.74, 6) is -0.901. The maximum Gasteiger partial charge on any atom is 0.249 e. The van der Waals surface area contributed by atoms with Gasteiger partial charge < -0.3 is 10.2 Å². The number of aromatic nitrogens is 1. The third-order valence-corrected chi connectivity index (χ3v) is 6.70. The maximum atomic E-state index is 15.1. The summed E-state index contributed by atoms with van der Waals surface area (Å²) in [6.07, 6.45) is 6.28. The highest BCUT2D eigenvalue weighted by Crippen LogP contribution is 2.32. The Kier molecular flexibility index (Phi) is 6.04. The second kappa shape index (κ2) is 8.77.